The molecule has 0 bridgehead atoms. The Hall–Kier alpha value is -1.57. The molecule has 0 aliphatic carbocycles. The van der Waals surface area contributed by atoms with Crippen LogP contribution in [0.4, 0.5) is 0 Å². The first-order chi connectivity index (χ1) is 5.79. The van der Waals surface area contributed by atoms with Crippen molar-refractivity contribution in [2.75, 3.05) is 0 Å². The summed E-state index contributed by atoms with van der Waals surface area (Å²) in [4.78, 5) is 4.15. The molecule has 1 rings (SSSR count). The van der Waals surface area contributed by atoms with Gasteiger partial charge in [0.1, 0.15) is 5.82 Å². The maximum Gasteiger partial charge on any atom is 0.137 e. The van der Waals surface area contributed by atoms with E-state index >= 15 is 0 Å². The summed E-state index contributed by atoms with van der Waals surface area (Å²) >= 11 is 0. The molecule has 0 radical (unpaired) electrons. The van der Waals surface area contributed by atoms with E-state index < -0.39 is 0 Å². The third-order valence-electron chi connectivity index (χ3n) is 1.57. The van der Waals surface area contributed by atoms with E-state index in [9.17, 15) is 0 Å². The average Bonchev–Trinajstić information content (AvgIpc) is 2.05. The largest absolute Gasteiger partial charge is 0.346 e. The van der Waals surface area contributed by atoms with Gasteiger partial charge in [-0.15, -0.1) is 0 Å². The van der Waals surface area contributed by atoms with Gasteiger partial charge in [-0.1, -0.05) is 19.2 Å². The van der Waals surface area contributed by atoms with E-state index in [1.54, 1.807) is 12.3 Å². The molecule has 12 heavy (non-hydrogen) atoms. The molecule has 0 saturated heterocycles. The quantitative estimate of drug-likeness (QED) is 0.615. The van der Waals surface area contributed by atoms with Gasteiger partial charge in [0, 0.05) is 18.0 Å². The van der Waals surface area contributed by atoms with Crippen LogP contribution in [0.1, 0.15) is 6.92 Å². The molecule has 0 amide bonds. The van der Waals surface area contributed by atoms with Crippen LogP contribution in [0.15, 0.2) is 53.5 Å². The first kappa shape index (κ1) is 8.53. The molecular formula is C10H12N2. The fourth-order valence-corrected chi connectivity index (χ4v) is 1.00. The zero-order valence-electron chi connectivity index (χ0n) is 7.17. The monoisotopic (exact) mass is 160 g/mol. The summed E-state index contributed by atoms with van der Waals surface area (Å²) in [6.45, 7) is 9.44. The van der Waals surface area contributed by atoms with Crippen molar-refractivity contribution in [1.82, 2.24) is 5.32 Å². The van der Waals surface area contributed by atoms with Crippen LogP contribution in [-0.2, 0) is 0 Å². The van der Waals surface area contributed by atoms with Crippen molar-refractivity contribution in [1.29, 1.82) is 0 Å². The van der Waals surface area contributed by atoms with E-state index in [1.807, 2.05) is 19.2 Å². The van der Waals surface area contributed by atoms with Crippen molar-refractivity contribution in [3.05, 3.63) is 48.5 Å². The summed E-state index contributed by atoms with van der Waals surface area (Å²) in [5.74, 6) is 0.806. The normalized spacial score (nSPS) is 16.9. The van der Waals surface area contributed by atoms with Gasteiger partial charge in [-0.3, -0.25) is 0 Å². The zero-order chi connectivity index (χ0) is 8.97. The number of aliphatic imine (C=N–C) groups is 1. The smallest absolute Gasteiger partial charge is 0.137 e. The van der Waals surface area contributed by atoms with Crippen LogP contribution in [0, 0.1) is 0 Å². The molecular weight excluding hydrogens is 148 g/mol. The topological polar surface area (TPSA) is 24.4 Å². The average molecular weight is 160 g/mol. The van der Waals surface area contributed by atoms with E-state index in [0.717, 1.165) is 17.0 Å². The number of allylic oxidation sites excluding steroid dienone is 4. The van der Waals surface area contributed by atoms with E-state index in [-0.39, 0.29) is 0 Å². The van der Waals surface area contributed by atoms with Gasteiger partial charge in [0.2, 0.25) is 0 Å². The Kier molecular flexibility index (Phi) is 2.64. The summed E-state index contributed by atoms with van der Waals surface area (Å²) in [7, 11) is 0. The second kappa shape index (κ2) is 3.72. The third kappa shape index (κ3) is 1.53. The highest BCUT2D eigenvalue weighted by atomic mass is 15.0. The van der Waals surface area contributed by atoms with Gasteiger partial charge < -0.3 is 5.32 Å². The maximum atomic E-state index is 4.15. The van der Waals surface area contributed by atoms with Crippen LogP contribution in [0.25, 0.3) is 0 Å². The molecule has 1 N–H and O–H groups in total. The molecule has 0 aromatic carbocycles. The lowest BCUT2D eigenvalue weighted by Crippen LogP contribution is -2.10. The maximum absolute atomic E-state index is 4.15. The molecule has 1 aliphatic rings. The Morgan fingerprint density at radius 1 is 1.58 bits per heavy atom. The van der Waals surface area contributed by atoms with Crippen LogP contribution in [-0.4, -0.2) is 6.21 Å². The minimum Gasteiger partial charge on any atom is -0.346 e. The molecule has 1 heterocycles. The highest BCUT2D eigenvalue weighted by Crippen LogP contribution is 2.18. The Bertz CT molecular complexity index is 293. The molecule has 0 spiro atoms. The van der Waals surface area contributed by atoms with E-state index in [1.165, 1.54) is 0 Å². The fraction of sp³-hybridized carbons (Fsp3) is 0.100. The molecule has 2 nitrogen and oxygen atoms in total. The number of hydrogen-bond acceptors (Lipinski definition) is 2. The van der Waals surface area contributed by atoms with Crippen molar-refractivity contribution >= 4 is 6.21 Å². The minimum absolute atomic E-state index is 0.806. The second-order valence-electron chi connectivity index (χ2n) is 2.36. The SMILES string of the molecule is C=CC1=C(/N=C\C)NC=CC1=C. The summed E-state index contributed by atoms with van der Waals surface area (Å²) in [6.07, 6.45) is 7.20. The molecule has 0 saturated carbocycles. The third-order valence-corrected chi connectivity index (χ3v) is 1.57. The van der Waals surface area contributed by atoms with Crippen molar-refractivity contribution < 1.29 is 0 Å². The van der Waals surface area contributed by atoms with E-state index in [2.05, 4.69) is 23.5 Å². The van der Waals surface area contributed by atoms with Crippen LogP contribution in [0.5, 0.6) is 0 Å². The molecule has 0 aromatic heterocycles. The van der Waals surface area contributed by atoms with Gasteiger partial charge >= 0.3 is 0 Å². The summed E-state index contributed by atoms with van der Waals surface area (Å²) in [5.41, 5.74) is 1.89. The Labute approximate surface area is 72.7 Å². The van der Waals surface area contributed by atoms with E-state index in [0.29, 0.717) is 0 Å². The Morgan fingerprint density at radius 3 is 2.92 bits per heavy atom. The molecule has 62 valence electrons. The lowest BCUT2D eigenvalue weighted by Gasteiger charge is -2.12. The van der Waals surface area contributed by atoms with Crippen LogP contribution in [0.3, 0.4) is 0 Å². The predicted molar refractivity (Wildman–Crippen MR) is 52.8 cm³/mol. The molecule has 0 unspecified atom stereocenters. The number of rotatable bonds is 2. The van der Waals surface area contributed by atoms with Gasteiger partial charge in [-0.25, -0.2) is 4.99 Å². The number of hydrogen-bond donors (Lipinski definition) is 1. The van der Waals surface area contributed by atoms with Gasteiger partial charge in [-0.05, 0) is 18.6 Å². The van der Waals surface area contributed by atoms with Gasteiger partial charge in [-0.2, -0.15) is 0 Å². The first-order valence-corrected chi connectivity index (χ1v) is 3.77. The van der Waals surface area contributed by atoms with Crippen LogP contribution >= 0.6 is 0 Å². The van der Waals surface area contributed by atoms with E-state index in [4.69, 9.17) is 0 Å². The number of nitrogens with one attached hydrogen (secondary N) is 1. The Balaban J connectivity index is 3.05. The van der Waals surface area contributed by atoms with Crippen LogP contribution in [0.2, 0.25) is 0 Å². The summed E-state index contributed by atoms with van der Waals surface area (Å²) in [6, 6.07) is 0. The zero-order valence-corrected chi connectivity index (χ0v) is 7.17. The number of dihydropyridines is 1. The summed E-state index contributed by atoms with van der Waals surface area (Å²) < 4.78 is 0. The standard InChI is InChI=1S/C10H12N2/c1-4-9-8(3)6-7-12-10(9)11-5-2/h4-7,12H,1,3H2,2H3/b11-5-. The van der Waals surface area contributed by atoms with Gasteiger partial charge in [0.15, 0.2) is 0 Å². The van der Waals surface area contributed by atoms with Crippen molar-refractivity contribution in [2.24, 2.45) is 4.99 Å². The minimum atomic E-state index is 0.806. The molecule has 1 aliphatic heterocycles. The van der Waals surface area contributed by atoms with Crippen molar-refractivity contribution in [3.8, 4) is 0 Å². The second-order valence-corrected chi connectivity index (χ2v) is 2.36. The van der Waals surface area contributed by atoms with Crippen LogP contribution < -0.4 is 5.32 Å². The predicted octanol–water partition coefficient (Wildman–Crippen LogP) is 2.15. The van der Waals surface area contributed by atoms with Crippen molar-refractivity contribution in [3.63, 3.8) is 0 Å². The Morgan fingerprint density at radius 2 is 2.33 bits per heavy atom. The molecule has 0 aromatic rings. The fourth-order valence-electron chi connectivity index (χ4n) is 1.00. The highest BCUT2D eigenvalue weighted by Gasteiger charge is 2.06. The lowest BCUT2D eigenvalue weighted by atomic mass is 10.1. The van der Waals surface area contributed by atoms with Gasteiger partial charge in [0.25, 0.3) is 0 Å². The van der Waals surface area contributed by atoms with Crippen molar-refractivity contribution in [2.45, 2.75) is 6.92 Å². The molecule has 2 heteroatoms. The number of nitrogens with zero attached hydrogens (tertiary/aromatic N) is 1. The molecule has 0 fully saturated rings. The first-order valence-electron chi connectivity index (χ1n) is 3.77. The summed E-state index contributed by atoms with van der Waals surface area (Å²) in [5, 5.41) is 3.02. The highest BCUT2D eigenvalue weighted by molar-refractivity contribution is 5.58. The molecule has 0 atom stereocenters. The lowest BCUT2D eigenvalue weighted by molar-refractivity contribution is 0.992. The van der Waals surface area contributed by atoms with Gasteiger partial charge in [0.05, 0.1) is 0 Å².